The van der Waals surface area contributed by atoms with E-state index in [1.807, 2.05) is 37.3 Å². The number of aliphatic hydroxyl groups is 1. The van der Waals surface area contributed by atoms with Gasteiger partial charge in [0.1, 0.15) is 6.10 Å². The molecule has 1 aliphatic rings. The minimum Gasteiger partial charge on any atom is -0.386 e. The average molecular weight is 339 g/mol. The third-order valence-corrected chi connectivity index (χ3v) is 5.67. The molecule has 1 amide bonds. The quantitative estimate of drug-likeness (QED) is 0.636. The van der Waals surface area contributed by atoms with Crippen LogP contribution in [-0.2, 0) is 14.3 Å². The first-order valence-electron chi connectivity index (χ1n) is 7.85. The molecule has 1 aromatic rings. The third kappa shape index (κ3) is 4.07. The van der Waals surface area contributed by atoms with Crippen molar-refractivity contribution in [3.63, 3.8) is 0 Å². The normalized spacial score (nSPS) is 21.9. The van der Waals surface area contributed by atoms with Gasteiger partial charge in [-0.2, -0.15) is 0 Å². The van der Waals surface area contributed by atoms with Gasteiger partial charge in [0.05, 0.1) is 11.8 Å². The summed E-state index contributed by atoms with van der Waals surface area (Å²) in [7, 11) is 3.04. The van der Waals surface area contributed by atoms with Gasteiger partial charge in [-0.05, 0) is 18.6 Å². The predicted molar refractivity (Wildman–Crippen MR) is 90.3 cm³/mol. The number of likely N-dealkylation sites (tertiary alicyclic amines) is 1. The van der Waals surface area contributed by atoms with Gasteiger partial charge in [0, 0.05) is 32.1 Å². The summed E-state index contributed by atoms with van der Waals surface area (Å²) in [6.45, 7) is 2.75. The first kappa shape index (κ1) is 18.3. The number of carbonyl (C=O) groups excluding carboxylic acids is 1. The van der Waals surface area contributed by atoms with Crippen molar-refractivity contribution in [1.82, 2.24) is 4.90 Å². The highest BCUT2D eigenvalue weighted by molar-refractivity contribution is 8.00. The van der Waals surface area contributed by atoms with E-state index in [1.165, 1.54) is 14.2 Å². The molecule has 1 N–H and O–H groups in total. The topological polar surface area (TPSA) is 59.0 Å². The summed E-state index contributed by atoms with van der Waals surface area (Å²) in [5, 5.41) is 10.2. The molecule has 6 heteroatoms. The highest BCUT2D eigenvalue weighted by Gasteiger charge is 2.44. The minimum absolute atomic E-state index is 0.0567. The van der Waals surface area contributed by atoms with Crippen LogP contribution in [0.3, 0.4) is 0 Å². The van der Waals surface area contributed by atoms with Crippen LogP contribution in [0.1, 0.15) is 19.8 Å². The lowest BCUT2D eigenvalue weighted by Gasteiger charge is -2.43. The first-order chi connectivity index (χ1) is 11.1. The van der Waals surface area contributed by atoms with Crippen molar-refractivity contribution in [3.8, 4) is 0 Å². The van der Waals surface area contributed by atoms with Crippen LogP contribution < -0.4 is 0 Å². The summed E-state index contributed by atoms with van der Waals surface area (Å²) in [5.41, 5.74) is 0. The Morgan fingerprint density at radius 3 is 2.57 bits per heavy atom. The second-order valence-electron chi connectivity index (χ2n) is 5.60. The van der Waals surface area contributed by atoms with Crippen molar-refractivity contribution in [1.29, 1.82) is 0 Å². The van der Waals surface area contributed by atoms with E-state index in [0.717, 1.165) is 11.3 Å². The van der Waals surface area contributed by atoms with Gasteiger partial charge in [0.2, 0.25) is 5.91 Å². The first-order valence-corrected chi connectivity index (χ1v) is 8.73. The van der Waals surface area contributed by atoms with E-state index in [-0.39, 0.29) is 17.7 Å². The number of ether oxygens (including phenoxy) is 2. The van der Waals surface area contributed by atoms with E-state index in [1.54, 1.807) is 16.7 Å². The standard InChI is InChI=1S/C17H25NO4S/c1-4-14(23-13-8-6-5-7-9-13)16(20)18-11-10-17(21-2,22-3)15(19)12-18/h5-9,14-15,19H,4,10-12H2,1-3H3. The number of hydrogen-bond donors (Lipinski definition) is 1. The minimum atomic E-state index is -1.01. The zero-order valence-corrected chi connectivity index (χ0v) is 14.7. The van der Waals surface area contributed by atoms with Crippen LogP contribution in [0.4, 0.5) is 0 Å². The summed E-state index contributed by atoms with van der Waals surface area (Å²) < 4.78 is 10.7. The molecule has 0 aromatic heterocycles. The molecule has 0 aliphatic carbocycles. The molecule has 0 spiro atoms. The highest BCUT2D eigenvalue weighted by Crippen LogP contribution is 2.31. The zero-order valence-electron chi connectivity index (χ0n) is 13.9. The lowest BCUT2D eigenvalue weighted by molar-refractivity contribution is -0.277. The number of carbonyl (C=O) groups is 1. The number of hydrogen-bond acceptors (Lipinski definition) is 5. The highest BCUT2D eigenvalue weighted by atomic mass is 32.2. The molecule has 2 rings (SSSR count). The molecular formula is C17H25NO4S. The SMILES string of the molecule is CCC(Sc1ccccc1)C(=O)N1CCC(OC)(OC)C(O)C1. The molecule has 23 heavy (non-hydrogen) atoms. The van der Waals surface area contributed by atoms with Gasteiger partial charge in [0.25, 0.3) is 0 Å². The number of piperidine rings is 1. The predicted octanol–water partition coefficient (Wildman–Crippen LogP) is 2.14. The summed E-state index contributed by atoms with van der Waals surface area (Å²) in [5.74, 6) is -0.952. The van der Waals surface area contributed by atoms with E-state index in [0.29, 0.717) is 13.0 Å². The van der Waals surface area contributed by atoms with Crippen molar-refractivity contribution in [3.05, 3.63) is 30.3 Å². The average Bonchev–Trinajstić information content (AvgIpc) is 2.60. The molecule has 2 atom stereocenters. The molecule has 0 bridgehead atoms. The molecule has 2 unspecified atom stereocenters. The smallest absolute Gasteiger partial charge is 0.236 e. The number of rotatable bonds is 6. The fourth-order valence-corrected chi connectivity index (χ4v) is 3.89. The number of thioether (sulfide) groups is 1. The monoisotopic (exact) mass is 339 g/mol. The lowest BCUT2D eigenvalue weighted by atomic mass is 9.99. The van der Waals surface area contributed by atoms with Crippen molar-refractivity contribution in [2.45, 2.75) is 41.8 Å². The summed E-state index contributed by atoms with van der Waals surface area (Å²) in [6, 6.07) is 9.91. The Labute approximate surface area is 142 Å². The van der Waals surface area contributed by atoms with Gasteiger partial charge in [-0.25, -0.2) is 0 Å². The molecule has 1 aromatic carbocycles. The molecule has 5 nitrogen and oxygen atoms in total. The number of aliphatic hydroxyl groups excluding tert-OH is 1. The summed E-state index contributed by atoms with van der Waals surface area (Å²) in [6.07, 6.45) is 0.346. The van der Waals surface area contributed by atoms with Gasteiger partial charge in [-0.15, -0.1) is 11.8 Å². The van der Waals surface area contributed by atoms with Crippen molar-refractivity contribution in [2.24, 2.45) is 0 Å². The number of benzene rings is 1. The van der Waals surface area contributed by atoms with E-state index < -0.39 is 11.9 Å². The van der Waals surface area contributed by atoms with Gasteiger partial charge >= 0.3 is 0 Å². The maximum Gasteiger partial charge on any atom is 0.236 e. The second-order valence-corrected chi connectivity index (χ2v) is 6.87. The second kappa shape index (κ2) is 8.15. The van der Waals surface area contributed by atoms with E-state index in [4.69, 9.17) is 9.47 Å². The molecule has 128 valence electrons. The van der Waals surface area contributed by atoms with E-state index >= 15 is 0 Å². The third-order valence-electron chi connectivity index (χ3n) is 4.30. The molecule has 0 saturated carbocycles. The molecule has 1 fully saturated rings. The van der Waals surface area contributed by atoms with Gasteiger partial charge in [-0.3, -0.25) is 4.79 Å². The number of β-amino-alcohol motifs (C(OH)–C–C–N with tert-alkyl or cyclic N) is 1. The Morgan fingerprint density at radius 1 is 1.39 bits per heavy atom. The van der Waals surface area contributed by atoms with Crippen LogP contribution in [0.15, 0.2) is 35.2 Å². The molecular weight excluding hydrogens is 314 g/mol. The maximum absolute atomic E-state index is 12.8. The Kier molecular flexibility index (Phi) is 6.47. The number of methoxy groups -OCH3 is 2. The summed E-state index contributed by atoms with van der Waals surface area (Å²) >= 11 is 1.57. The zero-order chi connectivity index (χ0) is 16.9. The van der Waals surface area contributed by atoms with Crippen LogP contribution in [0.2, 0.25) is 0 Å². The fourth-order valence-electron chi connectivity index (χ4n) is 2.83. The van der Waals surface area contributed by atoms with Crippen LogP contribution >= 0.6 is 11.8 Å². The van der Waals surface area contributed by atoms with Crippen LogP contribution in [0.25, 0.3) is 0 Å². The van der Waals surface area contributed by atoms with Crippen molar-refractivity contribution in [2.75, 3.05) is 27.3 Å². The van der Waals surface area contributed by atoms with Crippen LogP contribution in [0, 0.1) is 0 Å². The molecule has 0 radical (unpaired) electrons. The molecule has 1 heterocycles. The van der Waals surface area contributed by atoms with Crippen LogP contribution in [-0.4, -0.2) is 60.4 Å². The Balaban J connectivity index is 2.02. The number of amides is 1. The maximum atomic E-state index is 12.8. The Morgan fingerprint density at radius 2 is 2.04 bits per heavy atom. The van der Waals surface area contributed by atoms with Gasteiger partial charge in [0.15, 0.2) is 5.79 Å². The molecule has 1 aliphatic heterocycles. The largest absolute Gasteiger partial charge is 0.386 e. The summed E-state index contributed by atoms with van der Waals surface area (Å²) in [4.78, 5) is 15.6. The van der Waals surface area contributed by atoms with Crippen molar-refractivity contribution >= 4 is 17.7 Å². The van der Waals surface area contributed by atoms with E-state index in [9.17, 15) is 9.90 Å². The van der Waals surface area contributed by atoms with Gasteiger partial charge < -0.3 is 19.5 Å². The van der Waals surface area contributed by atoms with E-state index in [2.05, 4.69) is 0 Å². The Hall–Kier alpha value is -1.08. The fraction of sp³-hybridized carbons (Fsp3) is 0.588. The van der Waals surface area contributed by atoms with Crippen molar-refractivity contribution < 1.29 is 19.4 Å². The van der Waals surface area contributed by atoms with Crippen LogP contribution in [0.5, 0.6) is 0 Å². The molecule has 1 saturated heterocycles. The lowest BCUT2D eigenvalue weighted by Crippen LogP contribution is -2.59. The van der Waals surface area contributed by atoms with Gasteiger partial charge in [-0.1, -0.05) is 25.1 Å². The Bertz CT molecular complexity index is 507. The number of nitrogens with zero attached hydrogens (tertiary/aromatic N) is 1.